The maximum atomic E-state index is 12.4. The molecule has 2 atom stereocenters. The normalized spacial score (nSPS) is 26.5. The van der Waals surface area contributed by atoms with E-state index in [1.54, 1.807) is 11.3 Å². The van der Waals surface area contributed by atoms with Crippen molar-refractivity contribution in [3.05, 3.63) is 11.1 Å². The van der Waals surface area contributed by atoms with Gasteiger partial charge in [-0.1, -0.05) is 26.2 Å². The van der Waals surface area contributed by atoms with Gasteiger partial charge in [-0.3, -0.25) is 10.1 Å². The van der Waals surface area contributed by atoms with Crippen LogP contribution in [0.1, 0.15) is 62.7 Å². The summed E-state index contributed by atoms with van der Waals surface area (Å²) < 4.78 is 0. The Morgan fingerprint density at radius 3 is 2.82 bits per heavy atom. The largest absolute Gasteiger partial charge is 0.308 e. The van der Waals surface area contributed by atoms with Crippen molar-refractivity contribution in [1.29, 1.82) is 5.26 Å². The molecular formula is C16H22N4OS. The lowest BCUT2D eigenvalue weighted by molar-refractivity contribution is -0.125. The van der Waals surface area contributed by atoms with Crippen LogP contribution in [0.25, 0.3) is 0 Å². The van der Waals surface area contributed by atoms with E-state index in [2.05, 4.69) is 22.5 Å². The van der Waals surface area contributed by atoms with Gasteiger partial charge in [0.1, 0.15) is 5.54 Å². The van der Waals surface area contributed by atoms with Gasteiger partial charge in [-0.05, 0) is 37.5 Å². The van der Waals surface area contributed by atoms with Gasteiger partial charge in [0.25, 0.3) is 5.91 Å². The molecule has 5 nitrogen and oxygen atoms in total. The average molecular weight is 318 g/mol. The Hall–Kier alpha value is -1.61. The topological polar surface area (TPSA) is 77.8 Å². The first-order valence-corrected chi connectivity index (χ1v) is 8.90. The predicted octanol–water partition coefficient (Wildman–Crippen LogP) is 3.37. The van der Waals surface area contributed by atoms with Gasteiger partial charge in [-0.15, -0.1) is 11.3 Å². The maximum Gasteiger partial charge on any atom is 0.252 e. The van der Waals surface area contributed by atoms with Crippen LogP contribution >= 0.6 is 11.3 Å². The number of nitrogens with one attached hydrogen (secondary N) is 2. The highest BCUT2D eigenvalue weighted by Gasteiger charge is 2.44. The Labute approximate surface area is 135 Å². The summed E-state index contributed by atoms with van der Waals surface area (Å²) in [6.45, 7) is 2.31. The average Bonchev–Trinajstić information content (AvgIpc) is 2.91. The van der Waals surface area contributed by atoms with E-state index in [-0.39, 0.29) is 5.91 Å². The lowest BCUT2D eigenvalue weighted by atomic mass is 9.76. The minimum Gasteiger partial charge on any atom is -0.308 e. The fourth-order valence-electron chi connectivity index (χ4n) is 3.52. The first kappa shape index (κ1) is 15.3. The van der Waals surface area contributed by atoms with Crippen LogP contribution in [0.15, 0.2) is 6.20 Å². The molecule has 2 aliphatic carbocycles. The first-order valence-electron chi connectivity index (χ1n) is 8.08. The lowest BCUT2D eigenvalue weighted by Crippen LogP contribution is -2.57. The minimum absolute atomic E-state index is 0.127. The number of amides is 1. The smallest absolute Gasteiger partial charge is 0.252 e. The summed E-state index contributed by atoms with van der Waals surface area (Å²) >= 11 is 1.59. The summed E-state index contributed by atoms with van der Waals surface area (Å²) in [6, 6.07) is 0. The van der Waals surface area contributed by atoms with Gasteiger partial charge in [0.2, 0.25) is 0 Å². The van der Waals surface area contributed by atoms with Crippen molar-refractivity contribution in [3.8, 4) is 6.19 Å². The van der Waals surface area contributed by atoms with Crippen molar-refractivity contribution in [2.24, 2.45) is 5.92 Å². The van der Waals surface area contributed by atoms with Gasteiger partial charge in [-0.2, -0.15) is 5.26 Å². The molecule has 0 spiro atoms. The zero-order chi connectivity index (χ0) is 15.6. The van der Waals surface area contributed by atoms with E-state index >= 15 is 0 Å². The fraction of sp³-hybridized carbons (Fsp3) is 0.688. The Morgan fingerprint density at radius 1 is 1.41 bits per heavy atom. The van der Waals surface area contributed by atoms with Crippen molar-refractivity contribution in [3.63, 3.8) is 0 Å². The zero-order valence-corrected chi connectivity index (χ0v) is 13.7. The van der Waals surface area contributed by atoms with E-state index < -0.39 is 5.54 Å². The second kappa shape index (κ2) is 6.25. The summed E-state index contributed by atoms with van der Waals surface area (Å²) in [7, 11) is 0. The maximum absolute atomic E-state index is 12.4. The van der Waals surface area contributed by atoms with Crippen molar-refractivity contribution < 1.29 is 4.79 Å². The van der Waals surface area contributed by atoms with Crippen molar-refractivity contribution in [2.75, 3.05) is 5.32 Å². The second-order valence-electron chi connectivity index (χ2n) is 6.56. The SMILES string of the molecule is C[C@@H]1CCCC[C@@H]1c1cnc(NC(=O)C2(NC#N)CCC2)s1. The van der Waals surface area contributed by atoms with Crippen LogP contribution < -0.4 is 10.6 Å². The van der Waals surface area contributed by atoms with E-state index in [9.17, 15) is 4.79 Å². The van der Waals surface area contributed by atoms with Crippen molar-refractivity contribution >= 4 is 22.4 Å². The van der Waals surface area contributed by atoms with E-state index in [0.29, 0.717) is 29.8 Å². The van der Waals surface area contributed by atoms with E-state index in [1.807, 2.05) is 12.4 Å². The highest BCUT2D eigenvalue weighted by molar-refractivity contribution is 7.15. The molecule has 0 radical (unpaired) electrons. The molecule has 0 unspecified atom stereocenters. The van der Waals surface area contributed by atoms with Crippen molar-refractivity contribution in [2.45, 2.75) is 63.3 Å². The van der Waals surface area contributed by atoms with Crippen LogP contribution in [-0.2, 0) is 4.79 Å². The van der Waals surface area contributed by atoms with E-state index in [0.717, 1.165) is 6.42 Å². The number of thiazole rings is 1. The first-order chi connectivity index (χ1) is 10.6. The van der Waals surface area contributed by atoms with Gasteiger partial charge in [-0.25, -0.2) is 4.98 Å². The highest BCUT2D eigenvalue weighted by Crippen LogP contribution is 2.41. The molecule has 2 N–H and O–H groups in total. The van der Waals surface area contributed by atoms with Crippen LogP contribution in [-0.4, -0.2) is 16.4 Å². The molecule has 0 aromatic carbocycles. The Bertz CT molecular complexity index is 587. The van der Waals surface area contributed by atoms with Crippen LogP contribution in [0.2, 0.25) is 0 Å². The molecule has 1 aromatic rings. The molecule has 6 heteroatoms. The zero-order valence-electron chi connectivity index (χ0n) is 12.9. The summed E-state index contributed by atoms with van der Waals surface area (Å²) in [6.07, 6.45) is 11.3. The van der Waals surface area contributed by atoms with Gasteiger partial charge in [0, 0.05) is 11.1 Å². The predicted molar refractivity (Wildman–Crippen MR) is 86.4 cm³/mol. The third-order valence-corrected chi connectivity index (χ3v) is 6.20. The lowest BCUT2D eigenvalue weighted by Gasteiger charge is -2.38. The number of carbonyl (C=O) groups excluding carboxylic acids is 1. The molecule has 3 rings (SSSR count). The monoisotopic (exact) mass is 318 g/mol. The number of nitrogens with zero attached hydrogens (tertiary/aromatic N) is 2. The molecule has 2 saturated carbocycles. The second-order valence-corrected chi connectivity index (χ2v) is 7.62. The number of carbonyl (C=O) groups is 1. The van der Waals surface area contributed by atoms with Crippen LogP contribution in [0, 0.1) is 17.4 Å². The molecule has 1 amide bonds. The van der Waals surface area contributed by atoms with Gasteiger partial charge < -0.3 is 5.32 Å². The number of rotatable bonds is 4. The minimum atomic E-state index is -0.710. The summed E-state index contributed by atoms with van der Waals surface area (Å²) in [5, 5.41) is 15.0. The summed E-state index contributed by atoms with van der Waals surface area (Å²) in [5.41, 5.74) is -0.710. The highest BCUT2D eigenvalue weighted by atomic mass is 32.1. The quantitative estimate of drug-likeness (QED) is 0.659. The standard InChI is InChI=1S/C16H22N4OS/c1-11-5-2-3-6-12(11)13-9-18-15(22-13)20-14(21)16(19-10-17)7-4-8-16/h9,11-12,19H,2-8H2,1H3,(H,18,20,21)/t11-,12+/m1/s1. The third kappa shape index (κ3) is 2.82. The van der Waals surface area contributed by atoms with Crippen LogP contribution in [0.4, 0.5) is 5.13 Å². The number of hydrogen-bond donors (Lipinski definition) is 2. The van der Waals surface area contributed by atoms with Gasteiger partial charge >= 0.3 is 0 Å². The molecular weight excluding hydrogens is 296 g/mol. The molecule has 0 aliphatic heterocycles. The molecule has 118 valence electrons. The number of nitriles is 1. The molecule has 0 saturated heterocycles. The van der Waals surface area contributed by atoms with Gasteiger partial charge in [0.05, 0.1) is 0 Å². The van der Waals surface area contributed by atoms with Gasteiger partial charge in [0.15, 0.2) is 11.3 Å². The molecule has 2 fully saturated rings. The van der Waals surface area contributed by atoms with Crippen molar-refractivity contribution in [1.82, 2.24) is 10.3 Å². The van der Waals surface area contributed by atoms with E-state index in [4.69, 9.17) is 5.26 Å². The Morgan fingerprint density at radius 2 is 2.18 bits per heavy atom. The van der Waals surface area contributed by atoms with E-state index in [1.165, 1.54) is 30.6 Å². The summed E-state index contributed by atoms with van der Waals surface area (Å²) in [4.78, 5) is 18.0. The number of aromatic nitrogens is 1. The Balaban J connectivity index is 1.67. The Kier molecular flexibility index (Phi) is 4.34. The van der Waals surface area contributed by atoms with Crippen LogP contribution in [0.3, 0.4) is 0 Å². The summed E-state index contributed by atoms with van der Waals surface area (Å²) in [5.74, 6) is 1.14. The molecule has 0 bridgehead atoms. The fourth-order valence-corrected chi connectivity index (χ4v) is 4.60. The molecule has 1 aromatic heterocycles. The molecule has 2 aliphatic rings. The molecule has 22 heavy (non-hydrogen) atoms. The third-order valence-electron chi connectivity index (χ3n) is 5.16. The molecule has 1 heterocycles. The number of hydrogen-bond acceptors (Lipinski definition) is 5. The number of anilines is 1. The van der Waals surface area contributed by atoms with Crippen LogP contribution in [0.5, 0.6) is 0 Å².